The number of hydrogen-bond acceptors (Lipinski definition) is 2. The van der Waals surface area contributed by atoms with Crippen molar-refractivity contribution >= 4 is 27.5 Å². The molecule has 0 aliphatic rings. The molecule has 21 heavy (non-hydrogen) atoms. The fourth-order valence-electron chi connectivity index (χ4n) is 1.72. The lowest BCUT2D eigenvalue weighted by molar-refractivity contribution is -0.0521. The third-order valence-corrected chi connectivity index (χ3v) is 3.04. The van der Waals surface area contributed by atoms with Crippen molar-refractivity contribution in [2.24, 2.45) is 7.05 Å². The summed E-state index contributed by atoms with van der Waals surface area (Å²) in [6.07, 6.45) is 1.69. The summed E-state index contributed by atoms with van der Waals surface area (Å²) >= 11 is 3.23. The summed E-state index contributed by atoms with van der Waals surface area (Å²) in [7, 11) is 1.68. The van der Waals surface area contributed by atoms with Crippen LogP contribution in [0.2, 0.25) is 0 Å². The number of nitrogens with one attached hydrogen (secondary N) is 1. The van der Waals surface area contributed by atoms with E-state index in [0.29, 0.717) is 5.69 Å². The van der Waals surface area contributed by atoms with E-state index in [1.165, 1.54) is 6.07 Å². The number of benzene rings is 1. The number of nitrogens with zero attached hydrogens (tertiary/aromatic N) is 1. The average Bonchev–Trinajstić information content (AvgIpc) is 2.71. The van der Waals surface area contributed by atoms with E-state index < -0.39 is 24.1 Å². The van der Waals surface area contributed by atoms with Gasteiger partial charge in [-0.25, -0.2) is 4.39 Å². The van der Waals surface area contributed by atoms with Crippen LogP contribution in [0.4, 0.5) is 18.9 Å². The number of carbonyl (C=O) groups excluding carboxylic acids is 1. The van der Waals surface area contributed by atoms with Crippen LogP contribution in [0.3, 0.4) is 0 Å². The van der Waals surface area contributed by atoms with Gasteiger partial charge >= 0.3 is 6.61 Å². The average molecular weight is 363 g/mol. The number of carbonyl (C=O) groups is 1. The van der Waals surface area contributed by atoms with Crippen molar-refractivity contribution in [3.05, 3.63) is 46.4 Å². The molecular formula is C13H10BrF3N2O2. The number of aromatic nitrogens is 1. The van der Waals surface area contributed by atoms with Crippen LogP contribution in [0.5, 0.6) is 5.75 Å². The second kappa shape index (κ2) is 6.21. The molecule has 0 bridgehead atoms. The molecule has 1 amide bonds. The first kappa shape index (κ1) is 15.4. The van der Waals surface area contributed by atoms with E-state index in [-0.39, 0.29) is 5.69 Å². The minimum Gasteiger partial charge on any atom is -0.432 e. The van der Waals surface area contributed by atoms with Gasteiger partial charge in [-0.1, -0.05) is 0 Å². The van der Waals surface area contributed by atoms with Gasteiger partial charge in [-0.05, 0) is 34.1 Å². The number of alkyl halides is 2. The maximum Gasteiger partial charge on any atom is 0.387 e. The fraction of sp³-hybridized carbons (Fsp3) is 0.154. The summed E-state index contributed by atoms with van der Waals surface area (Å²) < 4.78 is 43.8. The molecule has 2 rings (SSSR count). The minimum atomic E-state index is -3.11. The van der Waals surface area contributed by atoms with Crippen LogP contribution in [0.15, 0.2) is 34.9 Å². The Morgan fingerprint density at radius 1 is 1.38 bits per heavy atom. The lowest BCUT2D eigenvalue weighted by atomic mass is 10.2. The maximum atomic E-state index is 13.5. The minimum absolute atomic E-state index is 0.136. The Morgan fingerprint density at radius 2 is 2.10 bits per heavy atom. The molecule has 112 valence electrons. The highest BCUT2D eigenvalue weighted by Crippen LogP contribution is 2.23. The molecule has 0 radical (unpaired) electrons. The monoisotopic (exact) mass is 362 g/mol. The van der Waals surface area contributed by atoms with E-state index in [0.717, 1.165) is 16.6 Å². The largest absolute Gasteiger partial charge is 0.432 e. The van der Waals surface area contributed by atoms with Crippen molar-refractivity contribution in [1.82, 2.24) is 4.57 Å². The molecule has 0 saturated carbocycles. The molecule has 1 aromatic carbocycles. The van der Waals surface area contributed by atoms with Gasteiger partial charge in [-0.2, -0.15) is 8.78 Å². The van der Waals surface area contributed by atoms with Gasteiger partial charge in [0, 0.05) is 29.5 Å². The zero-order chi connectivity index (χ0) is 15.6. The van der Waals surface area contributed by atoms with E-state index >= 15 is 0 Å². The van der Waals surface area contributed by atoms with Gasteiger partial charge in [-0.15, -0.1) is 0 Å². The SMILES string of the molecule is Cn1cc(Br)cc1C(=O)Nc1ccc(OC(F)F)c(F)c1. The first-order chi connectivity index (χ1) is 9.86. The van der Waals surface area contributed by atoms with Gasteiger partial charge in [0.2, 0.25) is 0 Å². The van der Waals surface area contributed by atoms with Crippen molar-refractivity contribution in [3.8, 4) is 5.75 Å². The first-order valence-corrected chi connectivity index (χ1v) is 6.53. The molecule has 0 atom stereocenters. The predicted molar refractivity (Wildman–Crippen MR) is 74.1 cm³/mol. The molecule has 1 N–H and O–H groups in total. The number of rotatable bonds is 4. The summed E-state index contributed by atoms with van der Waals surface area (Å²) in [6.45, 7) is -3.11. The summed E-state index contributed by atoms with van der Waals surface area (Å²) in [5.41, 5.74) is 0.492. The van der Waals surface area contributed by atoms with Gasteiger partial charge in [0.1, 0.15) is 5.69 Å². The molecule has 0 spiro atoms. The second-order valence-electron chi connectivity index (χ2n) is 4.13. The van der Waals surface area contributed by atoms with Crippen LogP contribution in [0.25, 0.3) is 0 Å². The van der Waals surface area contributed by atoms with E-state index in [9.17, 15) is 18.0 Å². The van der Waals surface area contributed by atoms with E-state index in [4.69, 9.17) is 0 Å². The van der Waals surface area contributed by atoms with Gasteiger partial charge < -0.3 is 14.6 Å². The van der Waals surface area contributed by atoms with E-state index in [1.807, 2.05) is 0 Å². The third-order valence-electron chi connectivity index (χ3n) is 2.61. The maximum absolute atomic E-state index is 13.5. The zero-order valence-electron chi connectivity index (χ0n) is 10.7. The Balaban J connectivity index is 2.15. The zero-order valence-corrected chi connectivity index (χ0v) is 12.3. The quantitative estimate of drug-likeness (QED) is 0.899. The molecule has 1 aromatic heterocycles. The summed E-state index contributed by atoms with van der Waals surface area (Å²) in [5, 5.41) is 2.47. The molecule has 1 heterocycles. The summed E-state index contributed by atoms with van der Waals surface area (Å²) in [5.74, 6) is -2.02. The molecule has 0 fully saturated rings. The Hall–Kier alpha value is -1.96. The molecule has 0 aliphatic heterocycles. The Labute approximate surface area is 126 Å². The summed E-state index contributed by atoms with van der Waals surface area (Å²) in [4.78, 5) is 12.0. The smallest absolute Gasteiger partial charge is 0.387 e. The number of halogens is 4. The van der Waals surface area contributed by atoms with E-state index in [2.05, 4.69) is 26.0 Å². The molecule has 2 aromatic rings. The molecule has 4 nitrogen and oxygen atoms in total. The molecule has 0 unspecified atom stereocenters. The molecule has 0 aliphatic carbocycles. The predicted octanol–water partition coefficient (Wildman–Crippen LogP) is 3.78. The number of aryl methyl sites for hydroxylation is 1. The van der Waals surface area contributed by atoms with Crippen molar-refractivity contribution < 1.29 is 22.7 Å². The van der Waals surface area contributed by atoms with Crippen molar-refractivity contribution in [2.45, 2.75) is 6.61 Å². The Kier molecular flexibility index (Phi) is 4.56. The number of amides is 1. The van der Waals surface area contributed by atoms with Crippen LogP contribution in [0.1, 0.15) is 10.5 Å². The highest BCUT2D eigenvalue weighted by Gasteiger charge is 2.14. The van der Waals surface area contributed by atoms with Crippen LogP contribution < -0.4 is 10.1 Å². The normalized spacial score (nSPS) is 10.8. The molecule has 0 saturated heterocycles. The Morgan fingerprint density at radius 3 is 2.62 bits per heavy atom. The number of ether oxygens (including phenoxy) is 1. The third kappa shape index (κ3) is 3.78. The summed E-state index contributed by atoms with van der Waals surface area (Å²) in [6, 6.07) is 4.81. The molecule has 8 heteroatoms. The fourth-order valence-corrected chi connectivity index (χ4v) is 2.24. The highest BCUT2D eigenvalue weighted by molar-refractivity contribution is 9.10. The number of anilines is 1. The van der Waals surface area contributed by atoms with E-state index in [1.54, 1.807) is 23.9 Å². The molecular weight excluding hydrogens is 353 g/mol. The van der Waals surface area contributed by atoms with Crippen LogP contribution in [0, 0.1) is 5.82 Å². The Bertz CT molecular complexity index is 673. The van der Waals surface area contributed by atoms with Gasteiger partial charge in [0.15, 0.2) is 11.6 Å². The van der Waals surface area contributed by atoms with Crippen molar-refractivity contribution in [2.75, 3.05) is 5.32 Å². The highest BCUT2D eigenvalue weighted by atomic mass is 79.9. The van der Waals surface area contributed by atoms with Gasteiger partial charge in [0.25, 0.3) is 5.91 Å². The van der Waals surface area contributed by atoms with Gasteiger partial charge in [-0.3, -0.25) is 4.79 Å². The lowest BCUT2D eigenvalue weighted by Gasteiger charge is -2.09. The van der Waals surface area contributed by atoms with Crippen LogP contribution in [-0.2, 0) is 7.05 Å². The van der Waals surface area contributed by atoms with Crippen LogP contribution >= 0.6 is 15.9 Å². The van der Waals surface area contributed by atoms with Crippen molar-refractivity contribution in [1.29, 1.82) is 0 Å². The first-order valence-electron chi connectivity index (χ1n) is 5.74. The van der Waals surface area contributed by atoms with Crippen molar-refractivity contribution in [3.63, 3.8) is 0 Å². The standard InChI is InChI=1S/C13H10BrF3N2O2/c1-19-6-7(14)4-10(19)12(20)18-8-2-3-11(9(15)5-8)21-13(16)17/h2-6,13H,1H3,(H,18,20). The topological polar surface area (TPSA) is 43.3 Å². The number of hydrogen-bond donors (Lipinski definition) is 1. The van der Waals surface area contributed by atoms with Crippen LogP contribution in [-0.4, -0.2) is 17.1 Å². The van der Waals surface area contributed by atoms with Gasteiger partial charge in [0.05, 0.1) is 0 Å². The second-order valence-corrected chi connectivity index (χ2v) is 5.05. The lowest BCUT2D eigenvalue weighted by Crippen LogP contribution is -2.15.